The zero-order valence-corrected chi connectivity index (χ0v) is 13.4. The Balaban J connectivity index is 0.00000147. The number of aromatic nitrogens is 4. The first-order valence-corrected chi connectivity index (χ1v) is 6.07. The molecule has 3 rings (SSSR count). The van der Waals surface area contributed by atoms with Gasteiger partial charge in [0.1, 0.15) is 6.33 Å². The molecule has 0 spiro atoms. The number of aryl methyl sites for hydroxylation is 2. The Morgan fingerprint density at radius 1 is 1.05 bits per heavy atom. The van der Waals surface area contributed by atoms with Gasteiger partial charge in [-0.05, 0) is 30.0 Å². The maximum absolute atomic E-state index is 3.85. The van der Waals surface area contributed by atoms with Crippen LogP contribution >= 0.6 is 0 Å². The number of hydrogen-bond acceptors (Lipinski definition) is 3. The third kappa shape index (κ3) is 2.70. The molecule has 20 heavy (non-hydrogen) atoms. The zero-order chi connectivity index (χ0) is 13.2. The second kappa shape index (κ2) is 6.10. The van der Waals surface area contributed by atoms with Crippen molar-refractivity contribution in [2.24, 2.45) is 0 Å². The molecule has 3 aromatic rings. The molecule has 0 N–H and O–H groups in total. The minimum absolute atomic E-state index is 0. The molecule has 0 saturated carbocycles. The summed E-state index contributed by atoms with van der Waals surface area (Å²) in [5, 5.41) is 11.1. The van der Waals surface area contributed by atoms with Gasteiger partial charge in [0.05, 0.1) is 0 Å². The predicted molar refractivity (Wildman–Crippen MR) is 72.9 cm³/mol. The zero-order valence-electron chi connectivity index (χ0n) is 11.1. The van der Waals surface area contributed by atoms with Crippen molar-refractivity contribution in [2.45, 2.75) is 13.8 Å². The van der Waals surface area contributed by atoms with Gasteiger partial charge in [-0.2, -0.15) is 18.2 Å². The molecule has 0 aliphatic rings. The maximum atomic E-state index is 3.85. The number of nitrogens with zero attached hydrogens (tertiary/aromatic N) is 4. The van der Waals surface area contributed by atoms with E-state index in [2.05, 4.69) is 59.7 Å². The summed E-state index contributed by atoms with van der Waals surface area (Å²) in [7, 11) is 0. The Labute approximate surface area is 132 Å². The van der Waals surface area contributed by atoms with Crippen LogP contribution in [0.3, 0.4) is 0 Å². The summed E-state index contributed by atoms with van der Waals surface area (Å²) in [6.45, 7) is 4.25. The molecule has 0 aliphatic heterocycles. The summed E-state index contributed by atoms with van der Waals surface area (Å²) in [5.74, 6) is 0. The fourth-order valence-electron chi connectivity index (χ4n) is 2.26. The second-order valence-electron chi connectivity index (χ2n) is 4.48. The van der Waals surface area contributed by atoms with Crippen molar-refractivity contribution in [3.05, 3.63) is 59.9 Å². The van der Waals surface area contributed by atoms with E-state index in [1.807, 2.05) is 12.1 Å². The fraction of sp³-hybridized carbons (Fsp3) is 0.133. The molecule has 0 saturated heterocycles. The number of tetrazole rings is 1. The van der Waals surface area contributed by atoms with E-state index in [1.165, 1.54) is 16.7 Å². The Morgan fingerprint density at radius 3 is 2.35 bits per heavy atom. The predicted octanol–water partition coefficient (Wildman–Crippen LogP) is 2.74. The van der Waals surface area contributed by atoms with Crippen molar-refractivity contribution in [3.8, 4) is 16.8 Å². The van der Waals surface area contributed by atoms with Gasteiger partial charge < -0.3 is 0 Å². The van der Waals surface area contributed by atoms with E-state index in [0.29, 0.717) is 0 Å². The van der Waals surface area contributed by atoms with Gasteiger partial charge in [-0.25, -0.2) is 4.68 Å². The van der Waals surface area contributed by atoms with E-state index in [1.54, 1.807) is 11.0 Å². The first-order chi connectivity index (χ1) is 9.25. The van der Waals surface area contributed by atoms with Crippen LogP contribution in [-0.2, 0) is 21.1 Å². The average molecular weight is 444 g/mol. The first kappa shape index (κ1) is 14.6. The van der Waals surface area contributed by atoms with Gasteiger partial charge in [0, 0.05) is 21.1 Å². The van der Waals surface area contributed by atoms with Crippen molar-refractivity contribution < 1.29 is 21.1 Å². The van der Waals surface area contributed by atoms with Crippen LogP contribution in [-0.4, -0.2) is 20.2 Å². The van der Waals surface area contributed by atoms with Crippen LogP contribution in [0.4, 0.5) is 0 Å². The summed E-state index contributed by atoms with van der Waals surface area (Å²) in [5.41, 5.74) is 5.79. The first-order valence-electron chi connectivity index (χ1n) is 6.07. The van der Waals surface area contributed by atoms with Crippen LogP contribution in [0.1, 0.15) is 11.1 Å². The molecule has 104 valence electrons. The van der Waals surface area contributed by atoms with Gasteiger partial charge in [-0.15, -0.1) is 16.7 Å². The van der Waals surface area contributed by atoms with Crippen LogP contribution in [0.5, 0.6) is 0 Å². The average Bonchev–Trinajstić information content (AvgIpc) is 2.93. The summed E-state index contributed by atoms with van der Waals surface area (Å²) in [6, 6.07) is 15.6. The van der Waals surface area contributed by atoms with Crippen LogP contribution in [0, 0.1) is 19.9 Å². The number of rotatable bonds is 2. The van der Waals surface area contributed by atoms with Crippen molar-refractivity contribution in [1.82, 2.24) is 20.2 Å². The molecule has 1 aromatic heterocycles. The smallest absolute Gasteiger partial charge is 0.141 e. The van der Waals surface area contributed by atoms with Crippen LogP contribution < -0.4 is 0 Å². The molecule has 5 heteroatoms. The molecule has 0 bridgehead atoms. The van der Waals surface area contributed by atoms with E-state index in [4.69, 9.17) is 0 Å². The molecule has 4 nitrogen and oxygen atoms in total. The standard InChI is InChI=1S/C15H13N4.Pt/c1-11-4-3-5-12(2)15(11)13-6-8-14(9-7-13)19-10-16-17-18-19;/h3-8,10H,1-2H3;/q-1;. The topological polar surface area (TPSA) is 43.6 Å². The van der Waals surface area contributed by atoms with E-state index in [9.17, 15) is 0 Å². The minimum Gasteiger partial charge on any atom is -0.225 e. The van der Waals surface area contributed by atoms with Crippen molar-refractivity contribution >= 4 is 0 Å². The minimum atomic E-state index is 0. The van der Waals surface area contributed by atoms with E-state index >= 15 is 0 Å². The summed E-state index contributed by atoms with van der Waals surface area (Å²) in [6.07, 6.45) is 1.56. The summed E-state index contributed by atoms with van der Waals surface area (Å²) in [4.78, 5) is 0. The van der Waals surface area contributed by atoms with Gasteiger partial charge in [0.2, 0.25) is 0 Å². The summed E-state index contributed by atoms with van der Waals surface area (Å²) < 4.78 is 1.59. The molecule has 0 fully saturated rings. The van der Waals surface area contributed by atoms with E-state index < -0.39 is 0 Å². The maximum Gasteiger partial charge on any atom is 0.141 e. The van der Waals surface area contributed by atoms with Crippen molar-refractivity contribution in [1.29, 1.82) is 0 Å². The van der Waals surface area contributed by atoms with Gasteiger partial charge >= 0.3 is 0 Å². The largest absolute Gasteiger partial charge is 0.225 e. The molecule has 2 aromatic carbocycles. The monoisotopic (exact) mass is 444 g/mol. The molecule has 0 radical (unpaired) electrons. The van der Waals surface area contributed by atoms with Gasteiger partial charge in [-0.1, -0.05) is 34.9 Å². The van der Waals surface area contributed by atoms with Crippen LogP contribution in [0.15, 0.2) is 42.7 Å². The van der Waals surface area contributed by atoms with Gasteiger partial charge in [0.25, 0.3) is 0 Å². The molecule has 0 aliphatic carbocycles. The molecule has 0 unspecified atom stereocenters. The quantitative estimate of drug-likeness (QED) is 0.571. The Kier molecular flexibility index (Phi) is 4.45. The fourth-order valence-corrected chi connectivity index (χ4v) is 2.26. The third-order valence-electron chi connectivity index (χ3n) is 3.16. The van der Waals surface area contributed by atoms with E-state index in [0.717, 1.165) is 11.3 Å². The molecular formula is C15H13N4Pt-. The van der Waals surface area contributed by atoms with Crippen molar-refractivity contribution in [3.63, 3.8) is 0 Å². The Hall–Kier alpha value is -1.80. The van der Waals surface area contributed by atoms with Gasteiger partial charge in [-0.3, -0.25) is 0 Å². The van der Waals surface area contributed by atoms with Crippen molar-refractivity contribution in [2.75, 3.05) is 0 Å². The second-order valence-corrected chi connectivity index (χ2v) is 4.48. The van der Waals surface area contributed by atoms with Gasteiger partial charge in [0.15, 0.2) is 0 Å². The summed E-state index contributed by atoms with van der Waals surface area (Å²) >= 11 is 0. The molecule has 0 atom stereocenters. The molecular weight excluding hydrogens is 431 g/mol. The normalized spacial score (nSPS) is 10.1. The molecule has 1 heterocycles. The number of benzene rings is 2. The Bertz CT molecular complexity index is 670. The SMILES string of the molecule is Cc1cccc(C)c1-c1c[c-]c(-n2cnnn2)cc1.[Pt]. The molecule has 0 amide bonds. The Morgan fingerprint density at radius 2 is 1.80 bits per heavy atom. The number of hydrogen-bond donors (Lipinski definition) is 0. The van der Waals surface area contributed by atoms with Crippen LogP contribution in [0.2, 0.25) is 0 Å². The van der Waals surface area contributed by atoms with Crippen LogP contribution in [0.25, 0.3) is 16.8 Å². The third-order valence-corrected chi connectivity index (χ3v) is 3.16. The van der Waals surface area contributed by atoms with E-state index in [-0.39, 0.29) is 21.1 Å².